The Kier molecular flexibility index (Phi) is 4.83. The number of para-hydroxylation sites is 1. The van der Waals surface area contributed by atoms with E-state index in [1.165, 1.54) is 17.1 Å². The lowest BCUT2D eigenvalue weighted by atomic mass is 10.3. The van der Waals surface area contributed by atoms with Crippen LogP contribution < -0.4 is 4.72 Å². The highest BCUT2D eigenvalue weighted by atomic mass is 127. The molecule has 0 saturated carbocycles. The standard InChI is InChI=1S/C12H12IN3O4S/c13-10-3-1-2-4-11(10)15-21(19,20)9-7-14-16(8-9)6-5-12(17)18/h1-4,7-8,15H,5-6H2,(H,17,18). The Morgan fingerprint density at radius 2 is 2.10 bits per heavy atom. The number of anilines is 1. The molecule has 112 valence electrons. The number of nitrogens with one attached hydrogen (secondary N) is 1. The molecule has 0 amide bonds. The van der Waals surface area contributed by atoms with Gasteiger partial charge in [0.15, 0.2) is 0 Å². The van der Waals surface area contributed by atoms with Gasteiger partial charge in [-0.1, -0.05) is 12.1 Å². The molecule has 1 aromatic heterocycles. The lowest BCUT2D eigenvalue weighted by Gasteiger charge is -2.07. The number of hydrogen-bond acceptors (Lipinski definition) is 4. The van der Waals surface area contributed by atoms with Gasteiger partial charge in [0, 0.05) is 9.77 Å². The molecular formula is C12H12IN3O4S. The van der Waals surface area contributed by atoms with Crippen LogP contribution in [0.4, 0.5) is 5.69 Å². The third kappa shape index (κ3) is 4.17. The number of nitrogens with zero attached hydrogens (tertiary/aromatic N) is 2. The van der Waals surface area contributed by atoms with Gasteiger partial charge < -0.3 is 5.11 Å². The molecule has 7 nitrogen and oxygen atoms in total. The first-order chi connectivity index (χ1) is 9.88. The van der Waals surface area contributed by atoms with Crippen LogP contribution in [0.2, 0.25) is 0 Å². The molecule has 0 unspecified atom stereocenters. The molecule has 0 aliphatic heterocycles. The van der Waals surface area contributed by atoms with Crippen LogP contribution in [0.25, 0.3) is 0 Å². The van der Waals surface area contributed by atoms with E-state index in [-0.39, 0.29) is 17.9 Å². The number of aryl methyl sites for hydroxylation is 1. The molecule has 0 fully saturated rings. The van der Waals surface area contributed by atoms with E-state index in [1.807, 2.05) is 28.7 Å². The van der Waals surface area contributed by atoms with Crippen molar-refractivity contribution in [1.29, 1.82) is 0 Å². The van der Waals surface area contributed by atoms with E-state index in [0.717, 1.165) is 3.57 Å². The number of benzene rings is 1. The minimum atomic E-state index is -3.74. The van der Waals surface area contributed by atoms with Crippen LogP contribution in [-0.2, 0) is 21.4 Å². The Balaban J connectivity index is 2.17. The molecule has 1 aromatic carbocycles. The van der Waals surface area contributed by atoms with Gasteiger partial charge in [-0.25, -0.2) is 8.42 Å². The van der Waals surface area contributed by atoms with Crippen molar-refractivity contribution in [2.24, 2.45) is 0 Å². The van der Waals surface area contributed by atoms with Crippen molar-refractivity contribution in [3.05, 3.63) is 40.2 Å². The summed E-state index contributed by atoms with van der Waals surface area (Å²) in [5.41, 5.74) is 0.483. The number of sulfonamides is 1. The summed E-state index contributed by atoms with van der Waals surface area (Å²) in [6, 6.07) is 6.99. The highest BCUT2D eigenvalue weighted by Gasteiger charge is 2.17. The Labute approximate surface area is 135 Å². The number of aliphatic carboxylic acids is 1. The molecule has 9 heteroatoms. The minimum Gasteiger partial charge on any atom is -0.481 e. The third-order valence-electron chi connectivity index (χ3n) is 2.59. The number of aromatic nitrogens is 2. The first kappa shape index (κ1) is 15.8. The van der Waals surface area contributed by atoms with Gasteiger partial charge in [0.1, 0.15) is 4.90 Å². The first-order valence-corrected chi connectivity index (χ1v) is 8.46. The van der Waals surface area contributed by atoms with Crippen LogP contribution >= 0.6 is 22.6 Å². The zero-order chi connectivity index (χ0) is 15.5. The molecule has 0 radical (unpaired) electrons. The predicted octanol–water partition coefficient (Wildman–Crippen LogP) is 1.76. The lowest BCUT2D eigenvalue weighted by molar-refractivity contribution is -0.137. The number of carboxylic acids is 1. The molecular weight excluding hydrogens is 409 g/mol. The number of halogens is 1. The first-order valence-electron chi connectivity index (χ1n) is 5.90. The molecule has 0 saturated heterocycles. The molecule has 1 heterocycles. The average molecular weight is 421 g/mol. The van der Waals surface area contributed by atoms with Gasteiger partial charge in [0.2, 0.25) is 0 Å². The quantitative estimate of drug-likeness (QED) is 0.693. The molecule has 2 aromatic rings. The highest BCUT2D eigenvalue weighted by Crippen LogP contribution is 2.21. The Hall–Kier alpha value is -1.62. The van der Waals surface area contributed by atoms with Gasteiger partial charge in [-0.15, -0.1) is 0 Å². The van der Waals surface area contributed by atoms with E-state index in [9.17, 15) is 13.2 Å². The van der Waals surface area contributed by atoms with Crippen molar-refractivity contribution < 1.29 is 18.3 Å². The number of rotatable bonds is 6. The van der Waals surface area contributed by atoms with E-state index in [4.69, 9.17) is 5.11 Å². The number of carbonyl (C=O) groups is 1. The molecule has 2 rings (SSSR count). The smallest absolute Gasteiger partial charge is 0.305 e. The molecule has 2 N–H and O–H groups in total. The van der Waals surface area contributed by atoms with E-state index in [2.05, 4.69) is 9.82 Å². The second kappa shape index (κ2) is 6.43. The number of carboxylic acid groups (broad SMARTS) is 1. The predicted molar refractivity (Wildman–Crippen MR) is 84.4 cm³/mol. The zero-order valence-electron chi connectivity index (χ0n) is 10.7. The normalized spacial score (nSPS) is 11.3. The van der Waals surface area contributed by atoms with Crippen LogP contribution in [0.5, 0.6) is 0 Å². The summed E-state index contributed by atoms with van der Waals surface area (Å²) in [4.78, 5) is 10.5. The Morgan fingerprint density at radius 3 is 2.76 bits per heavy atom. The van der Waals surface area contributed by atoms with Crippen LogP contribution in [-0.4, -0.2) is 29.3 Å². The van der Waals surface area contributed by atoms with Crippen molar-refractivity contribution in [2.75, 3.05) is 4.72 Å². The third-order valence-corrected chi connectivity index (χ3v) is 4.85. The zero-order valence-corrected chi connectivity index (χ0v) is 13.7. The summed E-state index contributed by atoms with van der Waals surface area (Å²) >= 11 is 2.03. The maximum Gasteiger partial charge on any atom is 0.305 e. The summed E-state index contributed by atoms with van der Waals surface area (Å²) in [5.74, 6) is -0.966. The molecule has 21 heavy (non-hydrogen) atoms. The fourth-order valence-corrected chi connectivity index (χ4v) is 3.30. The largest absolute Gasteiger partial charge is 0.481 e. The van der Waals surface area contributed by atoms with Crippen molar-refractivity contribution in [3.8, 4) is 0 Å². The van der Waals surface area contributed by atoms with Crippen molar-refractivity contribution in [2.45, 2.75) is 17.9 Å². The van der Waals surface area contributed by atoms with Gasteiger partial charge in [0.05, 0.1) is 24.8 Å². The maximum atomic E-state index is 12.2. The van der Waals surface area contributed by atoms with Crippen molar-refractivity contribution in [1.82, 2.24) is 9.78 Å². The summed E-state index contributed by atoms with van der Waals surface area (Å²) in [5, 5.41) is 12.4. The highest BCUT2D eigenvalue weighted by molar-refractivity contribution is 14.1. The summed E-state index contributed by atoms with van der Waals surface area (Å²) < 4.78 is 29.0. The average Bonchev–Trinajstić information content (AvgIpc) is 2.88. The van der Waals surface area contributed by atoms with Crippen LogP contribution in [0.3, 0.4) is 0 Å². The Morgan fingerprint density at radius 1 is 1.38 bits per heavy atom. The van der Waals surface area contributed by atoms with Crippen LogP contribution in [0.15, 0.2) is 41.6 Å². The number of hydrogen-bond donors (Lipinski definition) is 2. The molecule has 0 aliphatic rings. The van der Waals surface area contributed by atoms with Crippen molar-refractivity contribution >= 4 is 44.3 Å². The molecule has 0 atom stereocenters. The Bertz CT molecular complexity index is 757. The van der Waals surface area contributed by atoms with E-state index < -0.39 is 16.0 Å². The van der Waals surface area contributed by atoms with Gasteiger partial charge >= 0.3 is 5.97 Å². The lowest BCUT2D eigenvalue weighted by Crippen LogP contribution is -2.13. The van der Waals surface area contributed by atoms with Crippen molar-refractivity contribution in [3.63, 3.8) is 0 Å². The molecule has 0 bridgehead atoms. The summed E-state index contributed by atoms with van der Waals surface area (Å²) in [7, 11) is -3.74. The van der Waals surface area contributed by atoms with Crippen LogP contribution in [0, 0.1) is 3.57 Å². The summed E-state index contributed by atoms with van der Waals surface area (Å²) in [6.07, 6.45) is 2.38. The van der Waals surface area contributed by atoms with Gasteiger partial charge in [-0.2, -0.15) is 5.10 Å². The van der Waals surface area contributed by atoms with Crippen LogP contribution in [0.1, 0.15) is 6.42 Å². The fourth-order valence-electron chi connectivity index (χ4n) is 1.56. The van der Waals surface area contributed by atoms with E-state index >= 15 is 0 Å². The van der Waals surface area contributed by atoms with E-state index in [0.29, 0.717) is 5.69 Å². The summed E-state index contributed by atoms with van der Waals surface area (Å²) in [6.45, 7) is 0.119. The second-order valence-corrected chi connectivity index (χ2v) is 7.01. The maximum absolute atomic E-state index is 12.2. The SMILES string of the molecule is O=C(O)CCn1cc(S(=O)(=O)Nc2ccccc2I)cn1. The molecule has 0 aliphatic carbocycles. The van der Waals surface area contributed by atoms with Gasteiger partial charge in [-0.05, 0) is 34.7 Å². The minimum absolute atomic E-state index is 0.00691. The monoisotopic (exact) mass is 421 g/mol. The second-order valence-electron chi connectivity index (χ2n) is 4.17. The fraction of sp³-hybridized carbons (Fsp3) is 0.167. The molecule has 0 spiro atoms. The van der Waals surface area contributed by atoms with Gasteiger partial charge in [0.25, 0.3) is 10.0 Å². The van der Waals surface area contributed by atoms with E-state index in [1.54, 1.807) is 18.2 Å². The topological polar surface area (TPSA) is 101 Å². The van der Waals surface area contributed by atoms with Gasteiger partial charge in [-0.3, -0.25) is 14.2 Å².